The number of unbranched alkanes of at least 4 members (excludes halogenated alkanes) is 7. The molecular formula is C19H31NO3. The van der Waals surface area contributed by atoms with Gasteiger partial charge in [-0.3, -0.25) is 4.90 Å². The lowest BCUT2D eigenvalue weighted by Crippen LogP contribution is -2.31. The van der Waals surface area contributed by atoms with Gasteiger partial charge in [-0.25, -0.2) is 0 Å². The summed E-state index contributed by atoms with van der Waals surface area (Å²) >= 11 is 0. The van der Waals surface area contributed by atoms with Crippen molar-refractivity contribution in [1.29, 1.82) is 0 Å². The molecule has 1 aromatic carbocycles. The normalized spacial score (nSPS) is 14.8. The van der Waals surface area contributed by atoms with Gasteiger partial charge in [0.1, 0.15) is 0 Å². The molecular weight excluding hydrogens is 290 g/mol. The quantitative estimate of drug-likeness (QED) is 0.468. The van der Waals surface area contributed by atoms with Crippen LogP contribution < -0.4 is 0 Å². The maximum absolute atomic E-state index is 10.0. The lowest BCUT2D eigenvalue weighted by molar-refractivity contribution is 0.241. The van der Waals surface area contributed by atoms with Gasteiger partial charge in [-0.1, -0.05) is 51.9 Å². The van der Waals surface area contributed by atoms with E-state index in [1.165, 1.54) is 51.4 Å². The topological polar surface area (TPSA) is 63.9 Å². The maximum atomic E-state index is 10.0. The van der Waals surface area contributed by atoms with Crippen molar-refractivity contribution in [3.63, 3.8) is 0 Å². The molecule has 0 saturated heterocycles. The highest BCUT2D eigenvalue weighted by atomic mass is 16.3. The second kappa shape index (κ2) is 9.02. The van der Waals surface area contributed by atoms with Gasteiger partial charge < -0.3 is 15.3 Å². The predicted octanol–water partition coefficient (Wildman–Crippen LogP) is 4.30. The zero-order chi connectivity index (χ0) is 16.7. The molecule has 23 heavy (non-hydrogen) atoms. The first-order chi connectivity index (χ1) is 11.1. The van der Waals surface area contributed by atoms with Crippen LogP contribution in [0.2, 0.25) is 0 Å². The van der Waals surface area contributed by atoms with E-state index in [4.69, 9.17) is 0 Å². The van der Waals surface area contributed by atoms with Crippen molar-refractivity contribution in [3.8, 4) is 17.2 Å². The summed E-state index contributed by atoms with van der Waals surface area (Å²) < 4.78 is 0. The zero-order valence-corrected chi connectivity index (χ0v) is 14.4. The Labute approximate surface area is 139 Å². The molecule has 0 amide bonds. The Balaban J connectivity index is 1.70. The summed E-state index contributed by atoms with van der Waals surface area (Å²) in [6, 6.07) is 1.58. The Kier molecular flexibility index (Phi) is 7.03. The number of rotatable bonds is 9. The molecule has 0 fully saturated rings. The highest BCUT2D eigenvalue weighted by Gasteiger charge is 2.23. The number of phenols is 3. The molecule has 1 aliphatic rings. The van der Waals surface area contributed by atoms with Gasteiger partial charge in [0.15, 0.2) is 11.5 Å². The molecule has 0 spiro atoms. The molecule has 2 rings (SSSR count). The zero-order valence-electron chi connectivity index (χ0n) is 14.4. The first-order valence-corrected chi connectivity index (χ1v) is 9.11. The first kappa shape index (κ1) is 17.9. The van der Waals surface area contributed by atoms with Crippen molar-refractivity contribution in [1.82, 2.24) is 4.90 Å². The molecule has 1 aliphatic heterocycles. The van der Waals surface area contributed by atoms with E-state index >= 15 is 0 Å². The number of hydrogen-bond donors (Lipinski definition) is 3. The van der Waals surface area contributed by atoms with Crippen LogP contribution in [-0.4, -0.2) is 33.3 Å². The summed E-state index contributed by atoms with van der Waals surface area (Å²) in [5.41, 5.74) is 1.72. The van der Waals surface area contributed by atoms with Gasteiger partial charge in [-0.15, -0.1) is 0 Å². The Bertz CT molecular complexity index is 502. The van der Waals surface area contributed by atoms with E-state index in [0.717, 1.165) is 30.6 Å². The lowest BCUT2D eigenvalue weighted by atomic mass is 9.97. The summed E-state index contributed by atoms with van der Waals surface area (Å²) in [5.74, 6) is -0.768. The third-order valence-electron chi connectivity index (χ3n) is 4.86. The molecule has 0 unspecified atom stereocenters. The molecule has 0 aliphatic carbocycles. The minimum absolute atomic E-state index is 0.152. The third kappa shape index (κ3) is 5.03. The van der Waals surface area contributed by atoms with Gasteiger partial charge in [-0.05, 0) is 31.0 Å². The fourth-order valence-electron chi connectivity index (χ4n) is 3.38. The van der Waals surface area contributed by atoms with E-state index < -0.39 is 5.75 Å². The summed E-state index contributed by atoms with van der Waals surface area (Å²) in [4.78, 5) is 2.33. The molecule has 0 aromatic heterocycles. The van der Waals surface area contributed by atoms with Crippen LogP contribution in [0.4, 0.5) is 0 Å². The Morgan fingerprint density at radius 1 is 0.913 bits per heavy atom. The van der Waals surface area contributed by atoms with Gasteiger partial charge in [0.05, 0.1) is 0 Å². The van der Waals surface area contributed by atoms with Gasteiger partial charge >= 0.3 is 0 Å². The summed E-state index contributed by atoms with van der Waals surface area (Å²) in [6.45, 7) is 4.89. The van der Waals surface area contributed by atoms with Crippen molar-refractivity contribution in [2.45, 2.75) is 71.3 Å². The van der Waals surface area contributed by atoms with E-state index in [2.05, 4.69) is 11.8 Å². The molecule has 4 heteroatoms. The maximum Gasteiger partial charge on any atom is 0.200 e. The van der Waals surface area contributed by atoms with Crippen LogP contribution in [0.1, 0.15) is 69.4 Å². The Morgan fingerprint density at radius 3 is 2.26 bits per heavy atom. The number of phenolic OH excluding ortho intramolecular Hbond substituents is 3. The van der Waals surface area contributed by atoms with Crippen molar-refractivity contribution in [3.05, 3.63) is 17.2 Å². The molecule has 130 valence electrons. The largest absolute Gasteiger partial charge is 0.504 e. The molecule has 1 heterocycles. The minimum Gasteiger partial charge on any atom is -0.504 e. The third-order valence-corrected chi connectivity index (χ3v) is 4.86. The molecule has 0 saturated carbocycles. The van der Waals surface area contributed by atoms with E-state index in [1.54, 1.807) is 6.07 Å². The van der Waals surface area contributed by atoms with Crippen LogP contribution in [0, 0.1) is 0 Å². The molecule has 0 radical (unpaired) electrons. The second-order valence-electron chi connectivity index (χ2n) is 6.73. The number of aromatic hydroxyl groups is 3. The first-order valence-electron chi connectivity index (χ1n) is 9.11. The van der Waals surface area contributed by atoms with Crippen LogP contribution in [0.3, 0.4) is 0 Å². The molecule has 0 bridgehead atoms. The fourth-order valence-corrected chi connectivity index (χ4v) is 3.38. The number of fused-ring (bicyclic) bond motifs is 1. The highest BCUT2D eigenvalue weighted by Crippen LogP contribution is 2.41. The van der Waals surface area contributed by atoms with Crippen LogP contribution in [0.5, 0.6) is 17.2 Å². The standard InChI is InChI=1S/C19H31NO3/c1-2-3-4-5-6-7-8-9-11-20-12-10-15-13-17(21)19(23)18(22)16(15)14-20/h13,21-23H,2-12,14H2,1H3. The average Bonchev–Trinajstić information content (AvgIpc) is 2.56. The smallest absolute Gasteiger partial charge is 0.200 e. The molecule has 4 nitrogen and oxygen atoms in total. The van der Waals surface area contributed by atoms with Crippen LogP contribution in [0.15, 0.2) is 6.07 Å². The Hall–Kier alpha value is -1.42. The fraction of sp³-hybridized carbons (Fsp3) is 0.684. The number of benzene rings is 1. The Morgan fingerprint density at radius 2 is 1.57 bits per heavy atom. The number of hydrogen-bond acceptors (Lipinski definition) is 4. The van der Waals surface area contributed by atoms with Crippen molar-refractivity contribution in [2.75, 3.05) is 13.1 Å². The van der Waals surface area contributed by atoms with Gasteiger partial charge in [0.2, 0.25) is 5.75 Å². The van der Waals surface area contributed by atoms with E-state index in [1.807, 2.05) is 0 Å². The van der Waals surface area contributed by atoms with Crippen molar-refractivity contribution >= 4 is 0 Å². The molecule has 0 atom stereocenters. The van der Waals surface area contributed by atoms with E-state index in [-0.39, 0.29) is 11.5 Å². The highest BCUT2D eigenvalue weighted by molar-refractivity contribution is 5.57. The van der Waals surface area contributed by atoms with Crippen molar-refractivity contribution < 1.29 is 15.3 Å². The van der Waals surface area contributed by atoms with Gasteiger partial charge in [0.25, 0.3) is 0 Å². The van der Waals surface area contributed by atoms with Gasteiger partial charge in [-0.2, -0.15) is 0 Å². The van der Waals surface area contributed by atoms with E-state index in [9.17, 15) is 15.3 Å². The van der Waals surface area contributed by atoms with E-state index in [0.29, 0.717) is 6.54 Å². The molecule has 1 aromatic rings. The number of nitrogens with zero attached hydrogens (tertiary/aromatic N) is 1. The SMILES string of the molecule is CCCCCCCCCCN1CCc2cc(O)c(O)c(O)c2C1. The summed E-state index contributed by atoms with van der Waals surface area (Å²) in [7, 11) is 0. The van der Waals surface area contributed by atoms with Gasteiger partial charge in [0, 0.05) is 18.7 Å². The lowest BCUT2D eigenvalue weighted by Gasteiger charge is -2.29. The van der Waals surface area contributed by atoms with Crippen LogP contribution in [-0.2, 0) is 13.0 Å². The monoisotopic (exact) mass is 321 g/mol. The van der Waals surface area contributed by atoms with Crippen molar-refractivity contribution in [2.24, 2.45) is 0 Å². The second-order valence-corrected chi connectivity index (χ2v) is 6.73. The molecule has 3 N–H and O–H groups in total. The minimum atomic E-state index is -0.391. The van der Waals surface area contributed by atoms with Crippen LogP contribution in [0.25, 0.3) is 0 Å². The summed E-state index contributed by atoms with van der Waals surface area (Å²) in [6.07, 6.45) is 11.3. The average molecular weight is 321 g/mol. The van der Waals surface area contributed by atoms with Crippen LogP contribution >= 0.6 is 0 Å². The predicted molar refractivity (Wildman–Crippen MR) is 93.0 cm³/mol. The summed E-state index contributed by atoms with van der Waals surface area (Å²) in [5, 5.41) is 29.3.